The van der Waals surface area contributed by atoms with E-state index in [1.165, 1.54) is 0 Å². The molecule has 1 heterocycles. The van der Waals surface area contributed by atoms with Gasteiger partial charge in [-0.25, -0.2) is 0 Å². The highest BCUT2D eigenvalue weighted by Gasteiger charge is 2.11. The molecule has 1 unspecified atom stereocenters. The minimum atomic E-state index is -0.635. The average molecular weight is 219 g/mol. The standard InChI is InChI=1S/C11H13N3O2/c12-7-9(15)6-10-13-11(14-16-10)8-4-2-1-3-5-8/h1-5,9,15H,6-7,12H2. The van der Waals surface area contributed by atoms with Crippen LogP contribution in [0.4, 0.5) is 0 Å². The minimum absolute atomic E-state index is 0.184. The zero-order chi connectivity index (χ0) is 11.4. The van der Waals surface area contributed by atoms with Gasteiger partial charge in [0.15, 0.2) is 0 Å². The second-order valence-corrected chi connectivity index (χ2v) is 3.47. The Bertz CT molecular complexity index is 442. The van der Waals surface area contributed by atoms with Crippen LogP contribution in [0.25, 0.3) is 11.4 Å². The summed E-state index contributed by atoms with van der Waals surface area (Å²) in [6.07, 6.45) is -0.347. The summed E-state index contributed by atoms with van der Waals surface area (Å²) in [6.45, 7) is 0.184. The molecule has 0 amide bonds. The number of benzene rings is 1. The van der Waals surface area contributed by atoms with Crippen molar-refractivity contribution in [2.45, 2.75) is 12.5 Å². The van der Waals surface area contributed by atoms with Crippen molar-refractivity contribution in [1.82, 2.24) is 10.1 Å². The molecule has 0 fully saturated rings. The van der Waals surface area contributed by atoms with E-state index in [0.29, 0.717) is 11.7 Å². The van der Waals surface area contributed by atoms with E-state index in [2.05, 4.69) is 10.1 Å². The van der Waals surface area contributed by atoms with Gasteiger partial charge >= 0.3 is 0 Å². The van der Waals surface area contributed by atoms with Crippen molar-refractivity contribution >= 4 is 0 Å². The number of hydrogen-bond acceptors (Lipinski definition) is 5. The molecule has 0 saturated carbocycles. The third kappa shape index (κ3) is 2.44. The molecule has 2 aromatic rings. The molecule has 0 radical (unpaired) electrons. The van der Waals surface area contributed by atoms with E-state index in [4.69, 9.17) is 10.3 Å². The molecular formula is C11H13N3O2. The quantitative estimate of drug-likeness (QED) is 0.786. The van der Waals surface area contributed by atoms with E-state index < -0.39 is 6.10 Å². The summed E-state index contributed by atoms with van der Waals surface area (Å²) in [7, 11) is 0. The van der Waals surface area contributed by atoms with Crippen LogP contribution in [0.3, 0.4) is 0 Å². The molecule has 1 atom stereocenters. The first kappa shape index (κ1) is 10.8. The van der Waals surface area contributed by atoms with Crippen LogP contribution >= 0.6 is 0 Å². The van der Waals surface area contributed by atoms with E-state index in [1.807, 2.05) is 30.3 Å². The van der Waals surface area contributed by atoms with E-state index in [9.17, 15) is 5.11 Å². The van der Waals surface area contributed by atoms with E-state index >= 15 is 0 Å². The highest BCUT2D eigenvalue weighted by atomic mass is 16.5. The Balaban J connectivity index is 2.14. The van der Waals surface area contributed by atoms with Crippen LogP contribution in [0.1, 0.15) is 5.89 Å². The Labute approximate surface area is 92.9 Å². The molecule has 5 heteroatoms. The predicted molar refractivity (Wildman–Crippen MR) is 58.5 cm³/mol. The second-order valence-electron chi connectivity index (χ2n) is 3.47. The Hall–Kier alpha value is -1.72. The number of hydrogen-bond donors (Lipinski definition) is 2. The molecule has 0 aliphatic rings. The minimum Gasteiger partial charge on any atom is -0.391 e. The van der Waals surface area contributed by atoms with Gasteiger partial charge < -0.3 is 15.4 Å². The van der Waals surface area contributed by atoms with Crippen LogP contribution < -0.4 is 5.73 Å². The smallest absolute Gasteiger partial charge is 0.229 e. The Morgan fingerprint density at radius 2 is 2.06 bits per heavy atom. The fourth-order valence-electron chi connectivity index (χ4n) is 1.33. The summed E-state index contributed by atoms with van der Waals surface area (Å²) < 4.78 is 5.01. The van der Waals surface area contributed by atoms with Crippen molar-refractivity contribution in [2.24, 2.45) is 5.73 Å². The molecule has 0 aliphatic heterocycles. The maximum absolute atomic E-state index is 9.34. The summed E-state index contributed by atoms with van der Waals surface area (Å²) in [4.78, 5) is 4.18. The fraction of sp³-hybridized carbons (Fsp3) is 0.273. The summed E-state index contributed by atoms with van der Waals surface area (Å²) in [5.74, 6) is 0.927. The molecule has 84 valence electrons. The molecule has 3 N–H and O–H groups in total. The number of nitrogens with two attached hydrogens (primary N) is 1. The lowest BCUT2D eigenvalue weighted by atomic mass is 10.2. The molecule has 5 nitrogen and oxygen atoms in total. The molecule has 0 aliphatic carbocycles. The lowest BCUT2D eigenvalue weighted by Crippen LogP contribution is -2.22. The first-order valence-corrected chi connectivity index (χ1v) is 5.05. The molecule has 0 spiro atoms. The van der Waals surface area contributed by atoms with Gasteiger partial charge in [-0.1, -0.05) is 35.5 Å². The number of aromatic nitrogens is 2. The molecule has 2 rings (SSSR count). The van der Waals surface area contributed by atoms with Crippen LogP contribution in [0.5, 0.6) is 0 Å². The van der Waals surface area contributed by atoms with Gasteiger partial charge in [-0.2, -0.15) is 4.98 Å². The monoisotopic (exact) mass is 219 g/mol. The van der Waals surface area contributed by atoms with E-state index in [1.54, 1.807) is 0 Å². The Kier molecular flexibility index (Phi) is 3.28. The SMILES string of the molecule is NCC(O)Cc1nc(-c2ccccc2)no1. The van der Waals surface area contributed by atoms with Gasteiger partial charge in [0.25, 0.3) is 0 Å². The van der Waals surface area contributed by atoms with Crippen molar-refractivity contribution < 1.29 is 9.63 Å². The van der Waals surface area contributed by atoms with Gasteiger partial charge in [-0.3, -0.25) is 0 Å². The number of aliphatic hydroxyl groups is 1. The molecule has 1 aromatic heterocycles. The maximum Gasteiger partial charge on any atom is 0.229 e. The summed E-state index contributed by atoms with van der Waals surface area (Å²) in [5, 5.41) is 13.2. The lowest BCUT2D eigenvalue weighted by Gasteiger charge is -2.01. The number of aliphatic hydroxyl groups excluding tert-OH is 1. The summed E-state index contributed by atoms with van der Waals surface area (Å²) in [6, 6.07) is 9.52. The largest absolute Gasteiger partial charge is 0.391 e. The third-order valence-electron chi connectivity index (χ3n) is 2.18. The van der Waals surface area contributed by atoms with Gasteiger partial charge in [-0.05, 0) is 0 Å². The number of nitrogens with zero attached hydrogens (tertiary/aromatic N) is 2. The van der Waals surface area contributed by atoms with Crippen LogP contribution in [-0.4, -0.2) is 27.9 Å². The van der Waals surface area contributed by atoms with Crippen molar-refractivity contribution in [1.29, 1.82) is 0 Å². The van der Waals surface area contributed by atoms with Gasteiger partial charge in [0.05, 0.1) is 12.5 Å². The maximum atomic E-state index is 9.34. The van der Waals surface area contributed by atoms with Gasteiger partial charge in [0.2, 0.25) is 11.7 Å². The molecule has 0 bridgehead atoms. The normalized spacial score (nSPS) is 12.6. The Morgan fingerprint density at radius 3 is 2.75 bits per heavy atom. The van der Waals surface area contributed by atoms with Crippen LogP contribution in [0, 0.1) is 0 Å². The Morgan fingerprint density at radius 1 is 1.31 bits per heavy atom. The van der Waals surface area contributed by atoms with Gasteiger partial charge in [0, 0.05) is 12.1 Å². The molecule has 0 saturated heterocycles. The van der Waals surface area contributed by atoms with Gasteiger partial charge in [-0.15, -0.1) is 0 Å². The highest BCUT2D eigenvalue weighted by Crippen LogP contribution is 2.15. The highest BCUT2D eigenvalue weighted by molar-refractivity contribution is 5.53. The average Bonchev–Trinajstić information content (AvgIpc) is 2.78. The van der Waals surface area contributed by atoms with Crippen LogP contribution in [-0.2, 0) is 6.42 Å². The van der Waals surface area contributed by atoms with Crippen molar-refractivity contribution in [3.63, 3.8) is 0 Å². The van der Waals surface area contributed by atoms with E-state index in [-0.39, 0.29) is 13.0 Å². The van der Waals surface area contributed by atoms with Crippen molar-refractivity contribution in [3.8, 4) is 11.4 Å². The lowest BCUT2D eigenvalue weighted by molar-refractivity contribution is 0.170. The second kappa shape index (κ2) is 4.87. The third-order valence-corrected chi connectivity index (χ3v) is 2.18. The fourth-order valence-corrected chi connectivity index (χ4v) is 1.33. The van der Waals surface area contributed by atoms with E-state index in [0.717, 1.165) is 5.56 Å². The first-order chi connectivity index (χ1) is 7.79. The topological polar surface area (TPSA) is 85.2 Å². The number of rotatable bonds is 4. The van der Waals surface area contributed by atoms with Crippen molar-refractivity contribution in [2.75, 3.05) is 6.54 Å². The predicted octanol–water partition coefficient (Wildman–Crippen LogP) is 0.599. The molecular weight excluding hydrogens is 206 g/mol. The zero-order valence-corrected chi connectivity index (χ0v) is 8.71. The van der Waals surface area contributed by atoms with Gasteiger partial charge in [0.1, 0.15) is 0 Å². The van der Waals surface area contributed by atoms with Crippen molar-refractivity contribution in [3.05, 3.63) is 36.2 Å². The molecule has 16 heavy (non-hydrogen) atoms. The molecule has 1 aromatic carbocycles. The first-order valence-electron chi connectivity index (χ1n) is 5.05. The zero-order valence-electron chi connectivity index (χ0n) is 8.71. The van der Waals surface area contributed by atoms with Crippen LogP contribution in [0.2, 0.25) is 0 Å². The summed E-state index contributed by atoms with van der Waals surface area (Å²) >= 11 is 0. The summed E-state index contributed by atoms with van der Waals surface area (Å²) in [5.41, 5.74) is 6.19. The van der Waals surface area contributed by atoms with Crippen LogP contribution in [0.15, 0.2) is 34.9 Å².